The largest absolute Gasteiger partial charge is 0.478 e. The van der Waals surface area contributed by atoms with Crippen LogP contribution in [0.25, 0.3) is 11.1 Å². The van der Waals surface area contributed by atoms with Gasteiger partial charge in [-0.2, -0.15) is 0 Å². The SMILES string of the molecule is O=C(Nc1sc2c(c1C(=O)O)CCNC2)OCC1c2ccccc2-c2ccccc21. The summed E-state index contributed by atoms with van der Waals surface area (Å²) in [5, 5.41) is 15.9. The van der Waals surface area contributed by atoms with Crippen LogP contribution in [0.1, 0.15) is 37.8 Å². The van der Waals surface area contributed by atoms with E-state index < -0.39 is 12.1 Å². The van der Waals surface area contributed by atoms with Crippen LogP contribution in [0.5, 0.6) is 0 Å². The summed E-state index contributed by atoms with van der Waals surface area (Å²) in [6, 6.07) is 16.3. The summed E-state index contributed by atoms with van der Waals surface area (Å²) in [6.07, 6.45) is 0.00532. The van der Waals surface area contributed by atoms with Crippen LogP contribution in [0.4, 0.5) is 9.80 Å². The van der Waals surface area contributed by atoms with Crippen molar-refractivity contribution in [3.63, 3.8) is 0 Å². The molecule has 6 nitrogen and oxygen atoms in total. The van der Waals surface area contributed by atoms with Gasteiger partial charge in [-0.05, 0) is 40.8 Å². The molecule has 1 amide bonds. The Morgan fingerprint density at radius 2 is 1.77 bits per heavy atom. The summed E-state index contributed by atoms with van der Waals surface area (Å²) >= 11 is 1.30. The van der Waals surface area contributed by atoms with Gasteiger partial charge in [0.25, 0.3) is 0 Å². The Hall–Kier alpha value is -3.16. The number of thiophene rings is 1. The molecule has 5 rings (SSSR count). The number of carbonyl (C=O) groups is 2. The molecule has 0 bridgehead atoms. The van der Waals surface area contributed by atoms with Crippen molar-refractivity contribution in [3.8, 4) is 11.1 Å². The first-order chi connectivity index (χ1) is 14.6. The molecule has 0 saturated heterocycles. The average Bonchev–Trinajstić information content (AvgIpc) is 3.27. The number of carboxylic acid groups (broad SMARTS) is 1. The lowest BCUT2D eigenvalue weighted by Crippen LogP contribution is -2.23. The van der Waals surface area contributed by atoms with Crippen molar-refractivity contribution in [2.24, 2.45) is 0 Å². The van der Waals surface area contributed by atoms with Crippen LogP contribution >= 0.6 is 11.3 Å². The van der Waals surface area contributed by atoms with E-state index in [0.29, 0.717) is 18.0 Å². The molecular formula is C23H20N2O4S. The first-order valence-electron chi connectivity index (χ1n) is 9.84. The molecule has 0 atom stereocenters. The number of hydrogen-bond donors (Lipinski definition) is 3. The Bertz CT molecular complexity index is 1110. The average molecular weight is 420 g/mol. The van der Waals surface area contributed by atoms with Gasteiger partial charge < -0.3 is 15.2 Å². The number of rotatable bonds is 4. The molecule has 152 valence electrons. The maximum atomic E-state index is 12.5. The summed E-state index contributed by atoms with van der Waals surface area (Å²) in [4.78, 5) is 25.3. The normalized spacial score (nSPS) is 14.5. The summed E-state index contributed by atoms with van der Waals surface area (Å²) < 4.78 is 5.56. The molecule has 0 saturated carbocycles. The van der Waals surface area contributed by atoms with Crippen molar-refractivity contribution in [3.05, 3.63) is 75.7 Å². The van der Waals surface area contributed by atoms with E-state index in [-0.39, 0.29) is 18.1 Å². The molecule has 0 fully saturated rings. The lowest BCUT2D eigenvalue weighted by molar-refractivity contribution is 0.0697. The third-order valence-corrected chi connectivity index (χ3v) is 6.85. The van der Waals surface area contributed by atoms with Crippen LogP contribution in [-0.4, -0.2) is 30.3 Å². The van der Waals surface area contributed by atoms with Gasteiger partial charge in [-0.15, -0.1) is 11.3 Å². The second kappa shape index (κ2) is 7.59. The van der Waals surface area contributed by atoms with Crippen LogP contribution in [0.15, 0.2) is 48.5 Å². The number of amides is 1. The monoisotopic (exact) mass is 420 g/mol. The van der Waals surface area contributed by atoms with E-state index in [1.165, 1.54) is 11.3 Å². The van der Waals surface area contributed by atoms with E-state index in [1.54, 1.807) is 0 Å². The molecule has 2 aliphatic rings. The highest BCUT2D eigenvalue weighted by Crippen LogP contribution is 2.44. The van der Waals surface area contributed by atoms with Gasteiger partial charge in [0.2, 0.25) is 0 Å². The number of aromatic carboxylic acids is 1. The molecule has 3 aromatic rings. The Morgan fingerprint density at radius 3 is 2.43 bits per heavy atom. The van der Waals surface area contributed by atoms with Crippen LogP contribution in [0.2, 0.25) is 0 Å². The molecule has 7 heteroatoms. The van der Waals surface area contributed by atoms with Gasteiger partial charge in [-0.1, -0.05) is 48.5 Å². The predicted octanol–water partition coefficient (Wildman–Crippen LogP) is 4.45. The van der Waals surface area contributed by atoms with Crippen molar-refractivity contribution in [1.82, 2.24) is 5.32 Å². The standard InChI is InChI=1S/C23H20N2O4S/c26-22(27)20-17-9-10-24-11-19(17)30-21(20)25-23(28)29-12-18-15-7-3-1-5-13(15)14-6-2-4-8-16(14)18/h1-8,18,24H,9-12H2,(H,25,28)(H,26,27). The lowest BCUT2D eigenvalue weighted by Gasteiger charge is -2.14. The molecule has 1 aliphatic heterocycles. The van der Waals surface area contributed by atoms with Crippen molar-refractivity contribution in [2.45, 2.75) is 18.9 Å². The fraction of sp³-hybridized carbons (Fsp3) is 0.217. The van der Waals surface area contributed by atoms with E-state index >= 15 is 0 Å². The molecular weight excluding hydrogens is 400 g/mol. The first kappa shape index (κ1) is 18.8. The summed E-state index contributed by atoms with van der Waals surface area (Å²) in [7, 11) is 0. The van der Waals surface area contributed by atoms with Gasteiger partial charge in [0, 0.05) is 17.3 Å². The Balaban J connectivity index is 1.34. The second-order valence-corrected chi connectivity index (χ2v) is 8.50. The van der Waals surface area contributed by atoms with Gasteiger partial charge in [-0.3, -0.25) is 5.32 Å². The number of ether oxygens (including phenoxy) is 1. The van der Waals surface area contributed by atoms with Crippen molar-refractivity contribution >= 4 is 28.4 Å². The fourth-order valence-corrected chi connectivity index (χ4v) is 5.57. The zero-order valence-corrected chi connectivity index (χ0v) is 16.9. The number of nitrogens with one attached hydrogen (secondary N) is 2. The van der Waals surface area contributed by atoms with Gasteiger partial charge in [-0.25, -0.2) is 9.59 Å². The maximum absolute atomic E-state index is 12.5. The number of carboxylic acids is 1. The number of carbonyl (C=O) groups excluding carboxylic acids is 1. The molecule has 2 aromatic carbocycles. The maximum Gasteiger partial charge on any atom is 0.412 e. The predicted molar refractivity (Wildman–Crippen MR) is 115 cm³/mol. The second-order valence-electron chi connectivity index (χ2n) is 7.39. The Kier molecular flexibility index (Phi) is 4.77. The topological polar surface area (TPSA) is 87.7 Å². The van der Waals surface area contributed by atoms with Crippen molar-refractivity contribution in [1.29, 1.82) is 0 Å². The first-order valence-corrected chi connectivity index (χ1v) is 10.7. The highest BCUT2D eigenvalue weighted by molar-refractivity contribution is 7.17. The molecule has 0 radical (unpaired) electrons. The van der Waals surface area contributed by atoms with E-state index in [1.807, 2.05) is 24.3 Å². The number of benzene rings is 2. The molecule has 0 unspecified atom stereocenters. The van der Waals surface area contributed by atoms with Gasteiger partial charge in [0.05, 0.1) is 5.56 Å². The minimum atomic E-state index is -1.02. The summed E-state index contributed by atoms with van der Waals surface area (Å²) in [5.74, 6) is -1.06. The van der Waals surface area contributed by atoms with Crippen LogP contribution in [-0.2, 0) is 17.7 Å². The number of hydrogen-bond acceptors (Lipinski definition) is 5. The van der Waals surface area contributed by atoms with E-state index in [2.05, 4.69) is 34.9 Å². The lowest BCUT2D eigenvalue weighted by atomic mass is 9.98. The van der Waals surface area contributed by atoms with E-state index in [0.717, 1.165) is 39.2 Å². The van der Waals surface area contributed by atoms with Crippen LogP contribution in [0, 0.1) is 0 Å². The zero-order valence-electron chi connectivity index (χ0n) is 16.1. The van der Waals surface area contributed by atoms with Gasteiger partial charge >= 0.3 is 12.1 Å². The number of fused-ring (bicyclic) bond motifs is 4. The van der Waals surface area contributed by atoms with E-state index in [9.17, 15) is 14.7 Å². The van der Waals surface area contributed by atoms with Crippen LogP contribution < -0.4 is 10.6 Å². The molecule has 30 heavy (non-hydrogen) atoms. The van der Waals surface area contributed by atoms with Gasteiger partial charge in [0.1, 0.15) is 11.6 Å². The van der Waals surface area contributed by atoms with E-state index in [4.69, 9.17) is 4.74 Å². The Morgan fingerprint density at radius 1 is 1.10 bits per heavy atom. The Labute approximate surface area is 177 Å². The minimum absolute atomic E-state index is 0.0390. The van der Waals surface area contributed by atoms with Crippen molar-refractivity contribution in [2.75, 3.05) is 18.5 Å². The smallest absolute Gasteiger partial charge is 0.412 e. The highest BCUT2D eigenvalue weighted by atomic mass is 32.1. The quantitative estimate of drug-likeness (QED) is 0.580. The third-order valence-electron chi connectivity index (χ3n) is 5.70. The summed E-state index contributed by atoms with van der Waals surface area (Å²) in [5.41, 5.74) is 5.58. The molecule has 1 aromatic heterocycles. The molecule has 0 spiro atoms. The minimum Gasteiger partial charge on any atom is -0.478 e. The molecule has 1 aliphatic carbocycles. The highest BCUT2D eigenvalue weighted by Gasteiger charge is 2.30. The fourth-order valence-electron chi connectivity index (χ4n) is 4.38. The molecule has 3 N–H and O–H groups in total. The molecule has 2 heterocycles. The zero-order chi connectivity index (χ0) is 20.7. The third kappa shape index (κ3) is 3.16. The number of anilines is 1. The summed E-state index contributed by atoms with van der Waals surface area (Å²) in [6.45, 7) is 1.54. The van der Waals surface area contributed by atoms with Gasteiger partial charge in [0.15, 0.2) is 0 Å². The van der Waals surface area contributed by atoms with Crippen LogP contribution in [0.3, 0.4) is 0 Å². The van der Waals surface area contributed by atoms with Crippen molar-refractivity contribution < 1.29 is 19.4 Å².